The van der Waals surface area contributed by atoms with Crippen molar-refractivity contribution in [1.29, 1.82) is 0 Å². The number of benzene rings is 1. The molecule has 6 nitrogen and oxygen atoms in total. The third kappa shape index (κ3) is 3.54. The van der Waals surface area contributed by atoms with Crippen LogP contribution in [-0.4, -0.2) is 17.0 Å². The molecule has 0 bridgehead atoms. The maximum Gasteiger partial charge on any atom is 0.328 e. The van der Waals surface area contributed by atoms with Gasteiger partial charge < -0.3 is 14.9 Å². The standard InChI is InChI=1S/C19H20N2O4S/c1-4-10(2)17(20)19(23)25-12-5-6-13-16(7-12)24-8-14(18(13)22)15-9-26-11(3)21-15/h5-10,17H,4,20H2,1-3H3/t10-,17-/m0/s1. The highest BCUT2D eigenvalue weighted by Crippen LogP contribution is 2.24. The number of aromatic nitrogens is 1. The summed E-state index contributed by atoms with van der Waals surface area (Å²) in [6.45, 7) is 5.73. The van der Waals surface area contributed by atoms with Crippen LogP contribution in [0.25, 0.3) is 22.2 Å². The van der Waals surface area contributed by atoms with Crippen LogP contribution in [0.5, 0.6) is 5.75 Å². The van der Waals surface area contributed by atoms with Gasteiger partial charge in [-0.2, -0.15) is 0 Å². The first-order chi connectivity index (χ1) is 12.4. The summed E-state index contributed by atoms with van der Waals surface area (Å²) in [7, 11) is 0. The molecule has 3 rings (SSSR count). The number of thiazole rings is 1. The molecular weight excluding hydrogens is 352 g/mol. The minimum atomic E-state index is -0.696. The summed E-state index contributed by atoms with van der Waals surface area (Å²) in [6.07, 6.45) is 2.16. The van der Waals surface area contributed by atoms with Crippen LogP contribution in [0, 0.1) is 12.8 Å². The summed E-state index contributed by atoms with van der Waals surface area (Å²) in [5.41, 5.74) is 7.06. The lowest BCUT2D eigenvalue weighted by atomic mass is 10.0. The molecule has 0 spiro atoms. The summed E-state index contributed by atoms with van der Waals surface area (Å²) in [5, 5.41) is 3.10. The van der Waals surface area contributed by atoms with Gasteiger partial charge in [0.1, 0.15) is 23.6 Å². The quantitative estimate of drug-likeness (QED) is 0.544. The Labute approximate surface area is 154 Å². The van der Waals surface area contributed by atoms with Crippen molar-refractivity contribution in [3.63, 3.8) is 0 Å². The molecule has 7 heteroatoms. The normalized spacial score (nSPS) is 13.5. The number of nitrogens with zero attached hydrogens (tertiary/aromatic N) is 1. The van der Waals surface area contributed by atoms with Gasteiger partial charge in [0, 0.05) is 11.4 Å². The van der Waals surface area contributed by atoms with Gasteiger partial charge in [-0.05, 0) is 25.0 Å². The van der Waals surface area contributed by atoms with Crippen molar-refractivity contribution in [1.82, 2.24) is 4.98 Å². The summed E-state index contributed by atoms with van der Waals surface area (Å²) in [5.74, 6) is -0.192. The number of nitrogens with two attached hydrogens (primary N) is 1. The molecule has 26 heavy (non-hydrogen) atoms. The van der Waals surface area contributed by atoms with E-state index < -0.39 is 12.0 Å². The maximum absolute atomic E-state index is 12.7. The SMILES string of the molecule is CC[C@H](C)[C@H](N)C(=O)Oc1ccc2c(=O)c(-c3csc(C)n3)coc2c1. The average Bonchev–Trinajstić information content (AvgIpc) is 3.06. The van der Waals surface area contributed by atoms with E-state index in [2.05, 4.69) is 4.98 Å². The minimum Gasteiger partial charge on any atom is -0.463 e. The number of ether oxygens (including phenoxy) is 1. The first-order valence-corrected chi connectivity index (χ1v) is 9.24. The molecule has 0 radical (unpaired) electrons. The first kappa shape index (κ1) is 18.3. The van der Waals surface area contributed by atoms with Crippen LogP contribution < -0.4 is 15.9 Å². The Morgan fingerprint density at radius 2 is 2.19 bits per heavy atom. The molecule has 3 aromatic rings. The topological polar surface area (TPSA) is 95.4 Å². The monoisotopic (exact) mass is 372 g/mol. The summed E-state index contributed by atoms with van der Waals surface area (Å²) in [4.78, 5) is 29.1. The van der Waals surface area contributed by atoms with E-state index in [1.165, 1.54) is 23.7 Å². The molecule has 0 aliphatic carbocycles. The average molecular weight is 372 g/mol. The summed E-state index contributed by atoms with van der Waals surface area (Å²) >= 11 is 1.47. The molecule has 2 aromatic heterocycles. The van der Waals surface area contributed by atoms with Crippen LogP contribution in [-0.2, 0) is 4.79 Å². The van der Waals surface area contributed by atoms with E-state index >= 15 is 0 Å². The zero-order valence-electron chi connectivity index (χ0n) is 14.8. The van der Waals surface area contributed by atoms with Crippen molar-refractivity contribution in [3.05, 3.63) is 45.1 Å². The predicted octanol–water partition coefficient (Wildman–Crippen LogP) is 3.50. The van der Waals surface area contributed by atoms with Gasteiger partial charge in [-0.1, -0.05) is 20.3 Å². The van der Waals surface area contributed by atoms with E-state index in [1.807, 2.05) is 26.2 Å². The fourth-order valence-corrected chi connectivity index (χ4v) is 3.12. The van der Waals surface area contributed by atoms with Gasteiger partial charge in [-0.15, -0.1) is 11.3 Å². The number of carbonyl (C=O) groups is 1. The Hall–Kier alpha value is -2.51. The van der Waals surface area contributed by atoms with E-state index in [0.717, 1.165) is 11.4 Å². The lowest BCUT2D eigenvalue weighted by molar-refractivity contribution is -0.137. The number of hydrogen-bond acceptors (Lipinski definition) is 7. The number of rotatable bonds is 5. The first-order valence-electron chi connectivity index (χ1n) is 8.36. The van der Waals surface area contributed by atoms with Crippen molar-refractivity contribution in [2.45, 2.75) is 33.2 Å². The predicted molar refractivity (Wildman–Crippen MR) is 101 cm³/mol. The zero-order chi connectivity index (χ0) is 18.8. The number of aryl methyl sites for hydroxylation is 1. The summed E-state index contributed by atoms with van der Waals surface area (Å²) in [6, 6.07) is 3.98. The Bertz CT molecular complexity index is 1010. The molecule has 2 N–H and O–H groups in total. The van der Waals surface area contributed by atoms with Crippen LogP contribution >= 0.6 is 11.3 Å². The van der Waals surface area contributed by atoms with E-state index in [1.54, 1.807) is 12.1 Å². The van der Waals surface area contributed by atoms with E-state index in [4.69, 9.17) is 14.9 Å². The van der Waals surface area contributed by atoms with Crippen molar-refractivity contribution in [3.8, 4) is 17.0 Å². The highest BCUT2D eigenvalue weighted by Gasteiger charge is 2.22. The molecule has 136 valence electrons. The van der Waals surface area contributed by atoms with Crippen LogP contribution in [0.15, 0.2) is 39.1 Å². The number of carbonyl (C=O) groups excluding carboxylic acids is 1. The highest BCUT2D eigenvalue weighted by atomic mass is 32.1. The second kappa shape index (κ2) is 7.39. The maximum atomic E-state index is 12.7. The Balaban J connectivity index is 1.91. The Kier molecular flexibility index (Phi) is 5.20. The highest BCUT2D eigenvalue weighted by molar-refractivity contribution is 7.09. The van der Waals surface area contributed by atoms with Crippen LogP contribution in [0.1, 0.15) is 25.3 Å². The van der Waals surface area contributed by atoms with Crippen molar-refractivity contribution in [2.24, 2.45) is 11.7 Å². The fraction of sp³-hybridized carbons (Fsp3) is 0.316. The molecule has 0 saturated carbocycles. The van der Waals surface area contributed by atoms with Crippen LogP contribution in [0.4, 0.5) is 0 Å². The van der Waals surface area contributed by atoms with Crippen molar-refractivity contribution >= 4 is 28.3 Å². The van der Waals surface area contributed by atoms with Gasteiger partial charge in [-0.25, -0.2) is 9.78 Å². The van der Waals surface area contributed by atoms with Crippen molar-refractivity contribution in [2.75, 3.05) is 0 Å². The van der Waals surface area contributed by atoms with Crippen LogP contribution in [0.2, 0.25) is 0 Å². The van der Waals surface area contributed by atoms with E-state index in [0.29, 0.717) is 28.0 Å². The van der Waals surface area contributed by atoms with Gasteiger partial charge in [0.15, 0.2) is 0 Å². The largest absolute Gasteiger partial charge is 0.463 e. The number of fused-ring (bicyclic) bond motifs is 1. The third-order valence-corrected chi connectivity index (χ3v) is 5.16. The summed E-state index contributed by atoms with van der Waals surface area (Å²) < 4.78 is 10.9. The van der Waals surface area contributed by atoms with Gasteiger partial charge in [0.05, 0.1) is 21.7 Å². The fourth-order valence-electron chi connectivity index (χ4n) is 2.51. The molecular formula is C19H20N2O4S. The molecule has 2 heterocycles. The lowest BCUT2D eigenvalue weighted by Gasteiger charge is -2.16. The lowest BCUT2D eigenvalue weighted by Crippen LogP contribution is -2.39. The third-order valence-electron chi connectivity index (χ3n) is 4.39. The van der Waals surface area contributed by atoms with Gasteiger partial charge in [0.25, 0.3) is 0 Å². The van der Waals surface area contributed by atoms with Crippen LogP contribution in [0.3, 0.4) is 0 Å². The molecule has 0 aliphatic rings. The molecule has 2 atom stereocenters. The minimum absolute atomic E-state index is 0.0185. The van der Waals surface area contributed by atoms with Gasteiger partial charge in [-0.3, -0.25) is 4.79 Å². The smallest absolute Gasteiger partial charge is 0.328 e. The van der Waals surface area contributed by atoms with E-state index in [9.17, 15) is 9.59 Å². The number of hydrogen-bond donors (Lipinski definition) is 1. The second-order valence-electron chi connectivity index (χ2n) is 6.22. The van der Waals surface area contributed by atoms with Gasteiger partial charge >= 0.3 is 5.97 Å². The molecule has 1 aromatic carbocycles. The molecule has 0 fully saturated rings. The Morgan fingerprint density at radius 1 is 1.42 bits per heavy atom. The molecule has 0 unspecified atom stereocenters. The molecule has 0 aliphatic heterocycles. The van der Waals surface area contributed by atoms with Crippen molar-refractivity contribution < 1.29 is 13.9 Å². The number of esters is 1. The molecule has 0 amide bonds. The molecule has 0 saturated heterocycles. The second-order valence-corrected chi connectivity index (χ2v) is 7.28. The van der Waals surface area contributed by atoms with E-state index in [-0.39, 0.29) is 11.3 Å². The Morgan fingerprint density at radius 3 is 2.85 bits per heavy atom. The van der Waals surface area contributed by atoms with Gasteiger partial charge in [0.2, 0.25) is 5.43 Å². The zero-order valence-corrected chi connectivity index (χ0v) is 15.6.